The summed E-state index contributed by atoms with van der Waals surface area (Å²) in [5.74, 6) is 1.32. The van der Waals surface area contributed by atoms with E-state index in [-0.39, 0.29) is 12.0 Å². The molecular formula is C29H29NO3. The molecule has 4 nitrogen and oxygen atoms in total. The van der Waals surface area contributed by atoms with Crippen LogP contribution >= 0.6 is 0 Å². The highest BCUT2D eigenvalue weighted by molar-refractivity contribution is 5.95. The fourth-order valence-corrected chi connectivity index (χ4v) is 3.92. The molecule has 0 fully saturated rings. The van der Waals surface area contributed by atoms with Gasteiger partial charge in [-0.3, -0.25) is 4.79 Å². The first kappa shape index (κ1) is 22.4. The van der Waals surface area contributed by atoms with Gasteiger partial charge in [0.2, 0.25) is 5.91 Å². The van der Waals surface area contributed by atoms with Crippen LogP contribution in [0.3, 0.4) is 0 Å². The molecule has 4 heteroatoms. The summed E-state index contributed by atoms with van der Waals surface area (Å²) in [4.78, 5) is 14.3. The predicted octanol–water partition coefficient (Wildman–Crippen LogP) is 6.87. The number of hydrogen-bond acceptors (Lipinski definition) is 3. The van der Waals surface area contributed by atoms with Crippen LogP contribution in [0, 0.1) is 0 Å². The van der Waals surface area contributed by atoms with Gasteiger partial charge in [-0.25, -0.2) is 0 Å². The van der Waals surface area contributed by atoms with Crippen molar-refractivity contribution in [3.8, 4) is 5.75 Å². The molecule has 0 saturated carbocycles. The molecular weight excluding hydrogens is 410 g/mol. The van der Waals surface area contributed by atoms with Crippen LogP contribution in [-0.4, -0.2) is 23.9 Å². The number of para-hydroxylation sites is 1. The van der Waals surface area contributed by atoms with Gasteiger partial charge >= 0.3 is 0 Å². The van der Waals surface area contributed by atoms with Crippen molar-refractivity contribution in [3.63, 3.8) is 0 Å². The van der Waals surface area contributed by atoms with Crippen molar-refractivity contribution >= 4 is 22.4 Å². The van der Waals surface area contributed by atoms with Crippen molar-refractivity contribution in [2.75, 3.05) is 13.1 Å². The molecule has 0 aliphatic rings. The van der Waals surface area contributed by atoms with Crippen LogP contribution < -0.4 is 4.74 Å². The van der Waals surface area contributed by atoms with Crippen molar-refractivity contribution in [2.24, 2.45) is 0 Å². The molecule has 1 amide bonds. The normalized spacial score (nSPS) is 11.7. The minimum absolute atomic E-state index is 0.0114. The highest BCUT2D eigenvalue weighted by atomic mass is 16.5. The number of rotatable bonds is 8. The number of hydrogen-bond donors (Lipinski definition) is 0. The first-order valence-corrected chi connectivity index (χ1v) is 11.4. The SMILES string of the molecule is CCN(CC)C(=O)/C=C(/C)c1cc2cccc(OC(c3ccccc3)c3ccccc3)c2o1. The van der Waals surface area contributed by atoms with Crippen molar-refractivity contribution in [2.45, 2.75) is 26.9 Å². The van der Waals surface area contributed by atoms with E-state index in [4.69, 9.17) is 9.15 Å². The lowest BCUT2D eigenvalue weighted by atomic mass is 10.0. The molecule has 168 valence electrons. The maximum absolute atomic E-state index is 12.5. The largest absolute Gasteiger partial charge is 0.477 e. The van der Waals surface area contributed by atoms with Crippen LogP contribution in [0.2, 0.25) is 0 Å². The summed E-state index contributed by atoms with van der Waals surface area (Å²) in [6.07, 6.45) is 1.37. The minimum Gasteiger partial charge on any atom is -0.477 e. The Morgan fingerprint density at radius 3 is 2.09 bits per heavy atom. The maximum atomic E-state index is 12.5. The third-order valence-electron chi connectivity index (χ3n) is 5.76. The number of allylic oxidation sites excluding steroid dienone is 1. The van der Waals surface area contributed by atoms with E-state index < -0.39 is 0 Å². The zero-order valence-corrected chi connectivity index (χ0v) is 19.3. The van der Waals surface area contributed by atoms with E-state index in [0.717, 1.165) is 22.1 Å². The van der Waals surface area contributed by atoms with Crippen molar-refractivity contribution in [1.29, 1.82) is 0 Å². The van der Waals surface area contributed by atoms with E-state index in [1.165, 1.54) is 0 Å². The number of furan rings is 1. The molecule has 4 rings (SSSR count). The molecule has 0 aliphatic heterocycles. The maximum Gasteiger partial charge on any atom is 0.246 e. The minimum atomic E-state index is -0.271. The Labute approximate surface area is 195 Å². The fourth-order valence-electron chi connectivity index (χ4n) is 3.92. The quantitative estimate of drug-likeness (QED) is 0.281. The summed E-state index contributed by atoms with van der Waals surface area (Å²) in [6, 6.07) is 28.2. The molecule has 1 heterocycles. The lowest BCUT2D eigenvalue weighted by molar-refractivity contribution is -0.125. The molecule has 0 aliphatic carbocycles. The van der Waals surface area contributed by atoms with Gasteiger partial charge in [-0.05, 0) is 49.6 Å². The van der Waals surface area contributed by atoms with Gasteiger partial charge in [0.1, 0.15) is 11.9 Å². The van der Waals surface area contributed by atoms with E-state index >= 15 is 0 Å². The first-order chi connectivity index (χ1) is 16.1. The molecule has 0 bridgehead atoms. The smallest absolute Gasteiger partial charge is 0.246 e. The molecule has 1 aromatic heterocycles. The van der Waals surface area contributed by atoms with E-state index in [0.29, 0.717) is 30.2 Å². The highest BCUT2D eigenvalue weighted by Gasteiger charge is 2.19. The van der Waals surface area contributed by atoms with Gasteiger partial charge in [-0.2, -0.15) is 0 Å². The highest BCUT2D eigenvalue weighted by Crippen LogP contribution is 2.36. The average Bonchev–Trinajstić information content (AvgIpc) is 3.30. The first-order valence-electron chi connectivity index (χ1n) is 11.4. The Morgan fingerprint density at radius 2 is 1.52 bits per heavy atom. The second-order valence-corrected chi connectivity index (χ2v) is 7.94. The topological polar surface area (TPSA) is 42.7 Å². The van der Waals surface area contributed by atoms with Crippen LogP contribution in [0.4, 0.5) is 0 Å². The molecule has 0 saturated heterocycles. The zero-order chi connectivity index (χ0) is 23.2. The number of benzene rings is 3. The average molecular weight is 440 g/mol. The summed E-state index contributed by atoms with van der Waals surface area (Å²) >= 11 is 0. The van der Waals surface area contributed by atoms with E-state index in [1.54, 1.807) is 11.0 Å². The number of amides is 1. The fraction of sp³-hybridized carbons (Fsp3) is 0.207. The summed E-state index contributed by atoms with van der Waals surface area (Å²) in [6.45, 7) is 7.21. The molecule has 33 heavy (non-hydrogen) atoms. The van der Waals surface area contributed by atoms with Gasteiger partial charge in [0.25, 0.3) is 0 Å². The Bertz CT molecular complexity index is 1200. The van der Waals surface area contributed by atoms with E-state index in [1.807, 2.05) is 81.4 Å². The lowest BCUT2D eigenvalue weighted by Gasteiger charge is -2.20. The summed E-state index contributed by atoms with van der Waals surface area (Å²) < 4.78 is 12.8. The van der Waals surface area contributed by atoms with Gasteiger partial charge < -0.3 is 14.1 Å². The van der Waals surface area contributed by atoms with Gasteiger partial charge in [0, 0.05) is 24.6 Å². The van der Waals surface area contributed by atoms with Gasteiger partial charge in [0.05, 0.1) is 0 Å². The van der Waals surface area contributed by atoms with Gasteiger partial charge in [0.15, 0.2) is 11.3 Å². The number of ether oxygens (including phenoxy) is 1. The second-order valence-electron chi connectivity index (χ2n) is 7.94. The van der Waals surface area contributed by atoms with Crippen LogP contribution in [0.5, 0.6) is 5.75 Å². The third kappa shape index (κ3) is 5.01. The Hall–Kier alpha value is -3.79. The molecule has 0 radical (unpaired) electrons. The van der Waals surface area contributed by atoms with Crippen LogP contribution in [0.1, 0.15) is 43.8 Å². The summed E-state index contributed by atoms with van der Waals surface area (Å²) in [5, 5.41) is 0.936. The monoisotopic (exact) mass is 439 g/mol. The Balaban J connectivity index is 1.70. The Morgan fingerprint density at radius 1 is 0.909 bits per heavy atom. The van der Waals surface area contributed by atoms with Crippen molar-refractivity contribution in [1.82, 2.24) is 4.90 Å². The predicted molar refractivity (Wildman–Crippen MR) is 133 cm³/mol. The van der Waals surface area contributed by atoms with Crippen molar-refractivity contribution < 1.29 is 13.9 Å². The van der Waals surface area contributed by atoms with Gasteiger partial charge in [-0.1, -0.05) is 72.8 Å². The number of carbonyl (C=O) groups is 1. The van der Waals surface area contributed by atoms with Crippen LogP contribution in [-0.2, 0) is 4.79 Å². The van der Waals surface area contributed by atoms with Crippen LogP contribution in [0.25, 0.3) is 16.5 Å². The lowest BCUT2D eigenvalue weighted by Crippen LogP contribution is -2.28. The number of nitrogens with zero attached hydrogens (tertiary/aromatic N) is 1. The zero-order valence-electron chi connectivity index (χ0n) is 19.3. The van der Waals surface area contributed by atoms with Crippen molar-refractivity contribution in [3.05, 3.63) is 108 Å². The molecule has 0 N–H and O–H groups in total. The number of carbonyl (C=O) groups excluding carboxylic acids is 1. The van der Waals surface area contributed by atoms with Gasteiger partial charge in [-0.15, -0.1) is 0 Å². The Kier molecular flexibility index (Phi) is 6.94. The molecule has 0 unspecified atom stereocenters. The number of fused-ring (bicyclic) bond motifs is 1. The molecule has 0 spiro atoms. The third-order valence-corrected chi connectivity index (χ3v) is 5.76. The standard InChI is InChI=1S/C29H29NO3/c1-4-30(5-2)27(31)19-21(3)26-20-24-17-12-18-25(29(24)33-26)32-28(22-13-8-6-9-14-22)23-15-10-7-11-16-23/h6-20,28H,4-5H2,1-3H3/b21-19-. The van der Waals surface area contributed by atoms with E-state index in [9.17, 15) is 4.79 Å². The molecule has 3 aromatic carbocycles. The summed E-state index contributed by atoms with van der Waals surface area (Å²) in [5.41, 5.74) is 3.59. The van der Waals surface area contributed by atoms with Crippen LogP contribution in [0.15, 0.2) is 95.4 Å². The summed E-state index contributed by atoms with van der Waals surface area (Å²) in [7, 11) is 0. The molecule has 0 atom stereocenters. The second kappa shape index (κ2) is 10.2. The number of likely N-dealkylation sites (N-methyl/N-ethyl adjacent to an activating group) is 1. The van der Waals surface area contributed by atoms with E-state index in [2.05, 4.69) is 24.3 Å². The molecule has 4 aromatic rings.